The molecule has 0 aliphatic carbocycles. The second-order valence-electron chi connectivity index (χ2n) is 8.29. The van der Waals surface area contributed by atoms with Gasteiger partial charge in [-0.3, -0.25) is 9.59 Å². The van der Waals surface area contributed by atoms with Gasteiger partial charge in [0.1, 0.15) is 5.70 Å². The topological polar surface area (TPSA) is 81.6 Å². The fourth-order valence-corrected chi connectivity index (χ4v) is 4.04. The van der Waals surface area contributed by atoms with E-state index in [-0.39, 0.29) is 17.5 Å². The quantitative estimate of drug-likeness (QED) is 0.347. The lowest BCUT2D eigenvalue weighted by atomic mass is 10.1. The zero-order valence-corrected chi connectivity index (χ0v) is 20.6. The molecule has 0 aliphatic heterocycles. The Morgan fingerprint density at radius 1 is 0.917 bits per heavy atom. The Morgan fingerprint density at radius 2 is 1.64 bits per heavy atom. The lowest BCUT2D eigenvalue weighted by Crippen LogP contribution is -2.35. The highest BCUT2D eigenvalue weighted by molar-refractivity contribution is 6.06. The molecular weight excluding hydrogens is 454 g/mol. The normalized spacial score (nSPS) is 11.2. The fourth-order valence-electron chi connectivity index (χ4n) is 4.04. The van der Waals surface area contributed by atoms with E-state index in [0.29, 0.717) is 30.0 Å². The van der Waals surface area contributed by atoms with Gasteiger partial charge in [0.05, 0.1) is 14.2 Å². The summed E-state index contributed by atoms with van der Waals surface area (Å²) in [7, 11) is 5.12. The van der Waals surface area contributed by atoms with Crippen LogP contribution in [0.4, 0.5) is 0 Å². The van der Waals surface area contributed by atoms with Crippen LogP contribution in [0.1, 0.15) is 21.5 Å². The molecule has 4 aromatic rings. The molecule has 2 N–H and O–H groups in total. The van der Waals surface area contributed by atoms with Gasteiger partial charge in [-0.15, -0.1) is 0 Å². The summed E-state index contributed by atoms with van der Waals surface area (Å²) >= 11 is 0. The maximum Gasteiger partial charge on any atom is 0.267 e. The van der Waals surface area contributed by atoms with Crippen molar-refractivity contribution in [2.75, 3.05) is 20.8 Å². The molecule has 0 radical (unpaired) electrons. The van der Waals surface area contributed by atoms with Gasteiger partial charge in [0.2, 0.25) is 0 Å². The number of carbonyl (C=O) groups excluding carboxylic acids is 2. The molecular formula is C29H29N3O4. The molecule has 2 amide bonds. The first-order valence-corrected chi connectivity index (χ1v) is 11.6. The van der Waals surface area contributed by atoms with Crippen LogP contribution in [0.3, 0.4) is 0 Å². The minimum atomic E-state index is -0.368. The minimum absolute atomic E-state index is 0.174. The van der Waals surface area contributed by atoms with Gasteiger partial charge in [-0.2, -0.15) is 0 Å². The highest BCUT2D eigenvalue weighted by Crippen LogP contribution is 2.27. The van der Waals surface area contributed by atoms with E-state index < -0.39 is 0 Å². The number of amides is 2. The van der Waals surface area contributed by atoms with Gasteiger partial charge < -0.3 is 24.7 Å². The Labute approximate surface area is 210 Å². The molecule has 1 heterocycles. The van der Waals surface area contributed by atoms with Crippen LogP contribution in [-0.2, 0) is 18.3 Å². The lowest BCUT2D eigenvalue weighted by Gasteiger charge is -2.12. The molecule has 0 atom stereocenters. The fraction of sp³-hybridized carbons (Fsp3) is 0.172. The van der Waals surface area contributed by atoms with E-state index in [0.717, 1.165) is 22.0 Å². The standard InChI is InChI=1S/C29H29N3O4/c1-32-19-22(23-11-7-8-12-25(23)32)18-24(31-28(33)21-9-5-4-6-10-21)29(34)30-16-15-20-13-14-26(35-2)27(17-20)36-3/h4-14,17-19H,15-16H2,1-3H3,(H,30,34)(H,31,33). The van der Waals surface area contributed by atoms with Crippen molar-refractivity contribution < 1.29 is 19.1 Å². The molecule has 0 fully saturated rings. The van der Waals surface area contributed by atoms with Crippen molar-refractivity contribution in [1.82, 2.24) is 15.2 Å². The number of nitrogens with one attached hydrogen (secondary N) is 2. The van der Waals surface area contributed by atoms with Crippen LogP contribution in [0.2, 0.25) is 0 Å². The molecule has 36 heavy (non-hydrogen) atoms. The van der Waals surface area contributed by atoms with Gasteiger partial charge in [0.25, 0.3) is 11.8 Å². The number of carbonyl (C=O) groups is 2. The van der Waals surface area contributed by atoms with Crippen LogP contribution < -0.4 is 20.1 Å². The van der Waals surface area contributed by atoms with Crippen molar-refractivity contribution in [3.8, 4) is 11.5 Å². The number of hydrogen-bond donors (Lipinski definition) is 2. The zero-order chi connectivity index (χ0) is 25.5. The third kappa shape index (κ3) is 5.58. The number of fused-ring (bicyclic) bond motifs is 1. The number of para-hydroxylation sites is 1. The average molecular weight is 484 g/mol. The summed E-state index contributed by atoms with van der Waals surface area (Å²) in [5.74, 6) is 0.562. The van der Waals surface area contributed by atoms with Gasteiger partial charge in [0, 0.05) is 41.8 Å². The highest BCUT2D eigenvalue weighted by atomic mass is 16.5. The molecule has 184 valence electrons. The number of benzene rings is 3. The predicted molar refractivity (Wildman–Crippen MR) is 141 cm³/mol. The van der Waals surface area contributed by atoms with Crippen LogP contribution >= 0.6 is 0 Å². The summed E-state index contributed by atoms with van der Waals surface area (Å²) in [6.07, 6.45) is 4.24. The van der Waals surface area contributed by atoms with Crippen molar-refractivity contribution in [2.45, 2.75) is 6.42 Å². The van der Waals surface area contributed by atoms with Gasteiger partial charge >= 0.3 is 0 Å². The number of ether oxygens (including phenoxy) is 2. The predicted octanol–water partition coefficient (Wildman–Crippen LogP) is 4.33. The molecule has 0 saturated carbocycles. The van der Waals surface area contributed by atoms with Crippen LogP contribution in [0.25, 0.3) is 17.0 Å². The van der Waals surface area contributed by atoms with E-state index in [1.807, 2.05) is 66.3 Å². The lowest BCUT2D eigenvalue weighted by molar-refractivity contribution is -0.117. The Kier molecular flexibility index (Phi) is 7.70. The highest BCUT2D eigenvalue weighted by Gasteiger charge is 2.16. The molecule has 0 spiro atoms. The van der Waals surface area contributed by atoms with Gasteiger partial charge in [-0.25, -0.2) is 0 Å². The molecule has 0 aliphatic rings. The number of aromatic nitrogens is 1. The zero-order valence-electron chi connectivity index (χ0n) is 20.6. The summed E-state index contributed by atoms with van der Waals surface area (Å²) < 4.78 is 12.6. The van der Waals surface area contributed by atoms with E-state index in [2.05, 4.69) is 10.6 Å². The number of rotatable bonds is 9. The number of hydrogen-bond acceptors (Lipinski definition) is 4. The molecule has 7 nitrogen and oxygen atoms in total. The second kappa shape index (κ2) is 11.3. The largest absolute Gasteiger partial charge is 0.493 e. The van der Waals surface area contributed by atoms with E-state index in [1.165, 1.54) is 0 Å². The molecule has 3 aromatic carbocycles. The first-order valence-electron chi connectivity index (χ1n) is 11.6. The van der Waals surface area contributed by atoms with E-state index in [1.54, 1.807) is 44.6 Å². The Hall–Kier alpha value is -4.52. The van der Waals surface area contributed by atoms with Crippen LogP contribution in [-0.4, -0.2) is 37.1 Å². The summed E-state index contributed by atoms with van der Waals surface area (Å²) in [5, 5.41) is 6.72. The smallest absolute Gasteiger partial charge is 0.267 e. The third-order valence-electron chi connectivity index (χ3n) is 5.90. The molecule has 1 aromatic heterocycles. The maximum atomic E-state index is 13.2. The molecule has 0 saturated heterocycles. The summed E-state index contributed by atoms with van der Waals surface area (Å²) in [4.78, 5) is 26.1. The average Bonchev–Trinajstić information content (AvgIpc) is 3.23. The van der Waals surface area contributed by atoms with Crippen LogP contribution in [0.5, 0.6) is 11.5 Å². The van der Waals surface area contributed by atoms with Crippen molar-refractivity contribution in [2.24, 2.45) is 7.05 Å². The number of nitrogens with zero attached hydrogens (tertiary/aromatic N) is 1. The Balaban J connectivity index is 1.55. The summed E-state index contributed by atoms with van der Waals surface area (Å²) in [5.41, 5.74) is 3.51. The first-order chi connectivity index (χ1) is 17.5. The third-order valence-corrected chi connectivity index (χ3v) is 5.90. The summed E-state index contributed by atoms with van der Waals surface area (Å²) in [6.45, 7) is 0.377. The second-order valence-corrected chi connectivity index (χ2v) is 8.29. The minimum Gasteiger partial charge on any atom is -0.493 e. The van der Waals surface area contributed by atoms with Gasteiger partial charge in [-0.05, 0) is 48.4 Å². The molecule has 7 heteroatoms. The SMILES string of the molecule is COc1ccc(CCNC(=O)C(=Cc2cn(C)c3ccccc23)NC(=O)c2ccccc2)cc1OC. The van der Waals surface area contributed by atoms with Gasteiger partial charge in [-0.1, -0.05) is 42.5 Å². The van der Waals surface area contributed by atoms with Crippen molar-refractivity contribution in [3.63, 3.8) is 0 Å². The molecule has 4 rings (SSSR count). The Morgan fingerprint density at radius 3 is 2.39 bits per heavy atom. The number of aryl methyl sites for hydroxylation is 1. The van der Waals surface area contributed by atoms with E-state index in [9.17, 15) is 9.59 Å². The van der Waals surface area contributed by atoms with Crippen LogP contribution in [0, 0.1) is 0 Å². The van der Waals surface area contributed by atoms with Crippen LogP contribution in [0.15, 0.2) is 84.7 Å². The van der Waals surface area contributed by atoms with Crippen molar-refractivity contribution in [1.29, 1.82) is 0 Å². The molecule has 0 unspecified atom stereocenters. The monoisotopic (exact) mass is 483 g/mol. The number of methoxy groups -OCH3 is 2. The maximum absolute atomic E-state index is 13.2. The first kappa shape index (κ1) is 24.6. The van der Waals surface area contributed by atoms with Crippen molar-refractivity contribution >= 4 is 28.8 Å². The van der Waals surface area contributed by atoms with E-state index >= 15 is 0 Å². The molecule has 0 bridgehead atoms. The summed E-state index contributed by atoms with van der Waals surface area (Å²) in [6, 6.07) is 22.4. The Bertz CT molecular complexity index is 1410. The van der Waals surface area contributed by atoms with Crippen molar-refractivity contribution in [3.05, 3.63) is 101 Å². The van der Waals surface area contributed by atoms with Gasteiger partial charge in [0.15, 0.2) is 11.5 Å². The van der Waals surface area contributed by atoms with E-state index in [4.69, 9.17) is 9.47 Å².